The molecule has 0 bridgehead atoms. The summed E-state index contributed by atoms with van der Waals surface area (Å²) in [5.74, 6) is 0.325. The van der Waals surface area contributed by atoms with Crippen molar-refractivity contribution in [2.24, 2.45) is 0 Å². The van der Waals surface area contributed by atoms with Crippen molar-refractivity contribution >= 4 is 5.69 Å². The monoisotopic (exact) mass is 208 g/mol. The van der Waals surface area contributed by atoms with E-state index in [0.717, 1.165) is 0 Å². The van der Waals surface area contributed by atoms with Gasteiger partial charge in [0.1, 0.15) is 11.8 Å². The van der Waals surface area contributed by atoms with Gasteiger partial charge >= 0.3 is 0 Å². The highest BCUT2D eigenvalue weighted by Crippen LogP contribution is 2.23. The minimum Gasteiger partial charge on any atom is -0.479 e. The normalized spacial score (nSPS) is 9.33. The highest BCUT2D eigenvalue weighted by Gasteiger charge is 2.13. The molecule has 0 aromatic heterocycles. The first kappa shape index (κ1) is 10.9. The van der Waals surface area contributed by atoms with E-state index in [0.29, 0.717) is 5.75 Å². The van der Waals surface area contributed by atoms with Crippen LogP contribution in [0.25, 0.3) is 0 Å². The second-order valence-electron chi connectivity index (χ2n) is 2.65. The van der Waals surface area contributed by atoms with E-state index in [1.165, 1.54) is 18.2 Å². The summed E-state index contributed by atoms with van der Waals surface area (Å²) in [6, 6.07) is 5.73. The minimum absolute atomic E-state index is 0.136. The number of hydrogen-bond acceptors (Lipinski definition) is 5. The minimum atomic E-state index is -0.584. The van der Waals surface area contributed by atoms with Crippen LogP contribution >= 0.6 is 0 Å². The third kappa shape index (κ3) is 2.65. The van der Waals surface area contributed by atoms with Crippen LogP contribution < -0.4 is 4.74 Å². The Morgan fingerprint density at radius 2 is 2.33 bits per heavy atom. The number of nitriles is 1. The lowest BCUT2D eigenvalue weighted by atomic mass is 10.2. The van der Waals surface area contributed by atoms with Gasteiger partial charge in [-0.25, -0.2) is 0 Å². The molecule has 0 aliphatic rings. The maximum atomic E-state index is 10.5. The van der Waals surface area contributed by atoms with Gasteiger partial charge in [-0.3, -0.25) is 10.1 Å². The van der Waals surface area contributed by atoms with Gasteiger partial charge in [0, 0.05) is 6.07 Å². The van der Waals surface area contributed by atoms with Crippen LogP contribution in [0.1, 0.15) is 5.56 Å². The number of hydrogen-bond donors (Lipinski definition) is 1. The number of benzene rings is 1. The van der Waals surface area contributed by atoms with Gasteiger partial charge in [0.25, 0.3) is 5.69 Å². The molecule has 0 spiro atoms. The van der Waals surface area contributed by atoms with Crippen LogP contribution in [0.5, 0.6) is 5.75 Å². The molecule has 15 heavy (non-hydrogen) atoms. The average Bonchev–Trinajstić information content (AvgIpc) is 2.25. The van der Waals surface area contributed by atoms with Gasteiger partial charge in [-0.1, -0.05) is 0 Å². The van der Waals surface area contributed by atoms with E-state index in [1.54, 1.807) is 6.07 Å². The predicted molar refractivity (Wildman–Crippen MR) is 50.1 cm³/mol. The SMILES string of the molecule is N#CCOc1ccc([N+](=O)[O-])c(CO)c1. The van der Waals surface area contributed by atoms with Crippen LogP contribution in [0.2, 0.25) is 0 Å². The van der Waals surface area contributed by atoms with E-state index in [1.807, 2.05) is 0 Å². The number of ether oxygens (including phenoxy) is 1. The Hall–Kier alpha value is -2.13. The van der Waals surface area contributed by atoms with Crippen LogP contribution in [-0.2, 0) is 6.61 Å². The van der Waals surface area contributed by atoms with Crippen molar-refractivity contribution in [2.45, 2.75) is 6.61 Å². The topological polar surface area (TPSA) is 96.4 Å². The fourth-order valence-corrected chi connectivity index (χ4v) is 1.07. The molecule has 1 rings (SSSR count). The largest absolute Gasteiger partial charge is 0.479 e. The second-order valence-corrected chi connectivity index (χ2v) is 2.65. The Bertz CT molecular complexity index is 411. The fraction of sp³-hybridized carbons (Fsp3) is 0.222. The molecule has 0 atom stereocenters. The van der Waals surface area contributed by atoms with Crippen molar-refractivity contribution in [3.8, 4) is 11.8 Å². The first-order valence-electron chi connectivity index (χ1n) is 4.07. The summed E-state index contributed by atoms with van der Waals surface area (Å²) in [7, 11) is 0. The Labute approximate surface area is 85.5 Å². The van der Waals surface area contributed by atoms with Crippen LogP contribution in [0.3, 0.4) is 0 Å². The van der Waals surface area contributed by atoms with Gasteiger partial charge in [-0.05, 0) is 12.1 Å². The highest BCUT2D eigenvalue weighted by molar-refractivity contribution is 5.44. The fourth-order valence-electron chi connectivity index (χ4n) is 1.07. The molecule has 6 nitrogen and oxygen atoms in total. The van der Waals surface area contributed by atoms with Crippen molar-refractivity contribution in [1.29, 1.82) is 5.26 Å². The average molecular weight is 208 g/mol. The lowest BCUT2D eigenvalue weighted by Gasteiger charge is -2.03. The van der Waals surface area contributed by atoms with E-state index >= 15 is 0 Å². The number of nitrogens with zero attached hydrogens (tertiary/aromatic N) is 2. The molecule has 0 amide bonds. The van der Waals surface area contributed by atoms with Crippen LogP contribution in [0, 0.1) is 21.4 Å². The number of rotatable bonds is 4. The zero-order chi connectivity index (χ0) is 11.3. The zero-order valence-electron chi connectivity index (χ0n) is 7.71. The molecular weight excluding hydrogens is 200 g/mol. The summed E-state index contributed by atoms with van der Waals surface area (Å²) in [6.07, 6.45) is 0. The molecular formula is C9H8N2O4. The van der Waals surface area contributed by atoms with Crippen molar-refractivity contribution in [3.63, 3.8) is 0 Å². The number of aliphatic hydroxyl groups excluding tert-OH is 1. The molecule has 78 valence electrons. The van der Waals surface area contributed by atoms with E-state index in [9.17, 15) is 10.1 Å². The summed E-state index contributed by atoms with van der Waals surface area (Å²) < 4.78 is 4.94. The van der Waals surface area contributed by atoms with Crippen molar-refractivity contribution < 1.29 is 14.8 Å². The lowest BCUT2D eigenvalue weighted by molar-refractivity contribution is -0.385. The third-order valence-corrected chi connectivity index (χ3v) is 1.72. The summed E-state index contributed by atoms with van der Waals surface area (Å²) in [4.78, 5) is 9.92. The molecule has 0 heterocycles. The molecule has 1 aromatic carbocycles. The van der Waals surface area contributed by atoms with E-state index in [-0.39, 0.29) is 17.9 Å². The van der Waals surface area contributed by atoms with Gasteiger partial charge in [-0.2, -0.15) is 5.26 Å². The van der Waals surface area contributed by atoms with Gasteiger partial charge in [0.05, 0.1) is 17.1 Å². The lowest BCUT2D eigenvalue weighted by Crippen LogP contribution is -1.98. The molecule has 0 aliphatic carbocycles. The smallest absolute Gasteiger partial charge is 0.275 e. The highest BCUT2D eigenvalue weighted by atomic mass is 16.6. The molecule has 0 unspecified atom stereocenters. The Morgan fingerprint density at radius 3 is 2.87 bits per heavy atom. The molecule has 6 heteroatoms. The maximum Gasteiger partial charge on any atom is 0.275 e. The Balaban J connectivity index is 2.98. The maximum absolute atomic E-state index is 10.5. The third-order valence-electron chi connectivity index (χ3n) is 1.72. The standard InChI is InChI=1S/C9H8N2O4/c10-3-4-15-8-1-2-9(11(13)14)7(5-8)6-12/h1-2,5,12H,4,6H2. The molecule has 0 saturated heterocycles. The van der Waals surface area contributed by atoms with Crippen LogP contribution in [0.4, 0.5) is 5.69 Å². The molecule has 0 fully saturated rings. The second kappa shape index (κ2) is 4.93. The molecule has 1 aromatic rings. The van der Waals surface area contributed by atoms with Crippen molar-refractivity contribution in [3.05, 3.63) is 33.9 Å². The van der Waals surface area contributed by atoms with Gasteiger partial charge in [0.2, 0.25) is 0 Å². The first-order chi connectivity index (χ1) is 7.19. The van der Waals surface area contributed by atoms with Crippen LogP contribution in [0.15, 0.2) is 18.2 Å². The first-order valence-corrected chi connectivity index (χ1v) is 4.07. The Kier molecular flexibility index (Phi) is 3.60. The molecule has 0 radical (unpaired) electrons. The van der Waals surface area contributed by atoms with E-state index < -0.39 is 11.5 Å². The summed E-state index contributed by atoms with van der Waals surface area (Å²) in [6.45, 7) is -0.581. The van der Waals surface area contributed by atoms with E-state index in [2.05, 4.69) is 0 Å². The Morgan fingerprint density at radius 1 is 1.60 bits per heavy atom. The zero-order valence-corrected chi connectivity index (χ0v) is 7.71. The van der Waals surface area contributed by atoms with Gasteiger partial charge in [0.15, 0.2) is 6.61 Å². The van der Waals surface area contributed by atoms with Gasteiger partial charge in [-0.15, -0.1) is 0 Å². The molecule has 1 N–H and O–H groups in total. The number of aliphatic hydroxyl groups is 1. The molecule has 0 aliphatic heterocycles. The predicted octanol–water partition coefficient (Wildman–Crippen LogP) is 0.989. The molecule has 0 saturated carbocycles. The van der Waals surface area contributed by atoms with Gasteiger partial charge < -0.3 is 9.84 Å². The van der Waals surface area contributed by atoms with E-state index in [4.69, 9.17) is 15.1 Å². The number of nitro groups is 1. The van der Waals surface area contributed by atoms with Crippen molar-refractivity contribution in [1.82, 2.24) is 0 Å². The van der Waals surface area contributed by atoms with Crippen LogP contribution in [-0.4, -0.2) is 16.6 Å². The summed E-state index contributed by atoms with van der Waals surface area (Å²) in [5, 5.41) is 27.7. The van der Waals surface area contributed by atoms with Crippen molar-refractivity contribution in [2.75, 3.05) is 6.61 Å². The summed E-state index contributed by atoms with van der Waals surface area (Å²) >= 11 is 0. The summed E-state index contributed by atoms with van der Waals surface area (Å²) in [5.41, 5.74) is -0.00255. The quantitative estimate of drug-likeness (QED) is 0.587. The number of nitro benzene ring substituents is 1.